The molecule has 0 unspecified atom stereocenters. The van der Waals surface area contributed by atoms with Crippen LogP contribution in [0.4, 0.5) is 5.82 Å². The van der Waals surface area contributed by atoms with E-state index in [-0.39, 0.29) is 0 Å². The minimum Gasteiger partial charge on any atom is -0.259 e. The molecule has 1 N–H and O–H groups in total. The van der Waals surface area contributed by atoms with Gasteiger partial charge in [0.15, 0.2) is 5.82 Å². The lowest BCUT2D eigenvalue weighted by Gasteiger charge is -2.07. The second-order valence-electron chi connectivity index (χ2n) is 4.71. The van der Waals surface area contributed by atoms with E-state index in [2.05, 4.69) is 20.7 Å². The summed E-state index contributed by atoms with van der Waals surface area (Å²) in [6, 6.07) is 13.1. The highest BCUT2D eigenvalue weighted by molar-refractivity contribution is 6.36. The van der Waals surface area contributed by atoms with Gasteiger partial charge >= 0.3 is 0 Å². The van der Waals surface area contributed by atoms with Gasteiger partial charge in [-0.05, 0) is 25.1 Å². The van der Waals surface area contributed by atoms with Gasteiger partial charge in [0.25, 0.3) is 0 Å². The Balaban J connectivity index is 1.94. The van der Waals surface area contributed by atoms with E-state index in [4.69, 9.17) is 23.2 Å². The van der Waals surface area contributed by atoms with Crippen LogP contribution in [0.15, 0.2) is 53.8 Å². The Hall–Kier alpha value is -2.17. The molecule has 0 saturated heterocycles. The van der Waals surface area contributed by atoms with Gasteiger partial charge in [0, 0.05) is 26.4 Å². The lowest BCUT2D eigenvalue weighted by molar-refractivity contribution is 1.04. The smallest absolute Gasteiger partial charge is 0.176 e. The molecule has 1 heterocycles. The molecule has 6 heteroatoms. The molecule has 0 bridgehead atoms. The predicted molar refractivity (Wildman–Crippen MR) is 91.8 cm³/mol. The number of benzene rings is 2. The third-order valence-electron chi connectivity index (χ3n) is 3.22. The lowest BCUT2D eigenvalue weighted by Crippen LogP contribution is -2.02. The zero-order valence-corrected chi connectivity index (χ0v) is 13.2. The number of nitrogens with one attached hydrogen (secondary N) is 1. The Labute approximate surface area is 137 Å². The molecular weight excluding hydrogens is 319 g/mol. The summed E-state index contributed by atoms with van der Waals surface area (Å²) in [6.07, 6.45) is 1.71. The molecule has 22 heavy (non-hydrogen) atoms. The molecule has 0 fully saturated rings. The van der Waals surface area contributed by atoms with Crippen molar-refractivity contribution >= 4 is 45.5 Å². The van der Waals surface area contributed by atoms with E-state index in [0.717, 1.165) is 16.3 Å². The third kappa shape index (κ3) is 3.03. The topological polar surface area (TPSA) is 50.2 Å². The quantitative estimate of drug-likeness (QED) is 0.555. The fourth-order valence-electron chi connectivity index (χ4n) is 2.08. The summed E-state index contributed by atoms with van der Waals surface area (Å²) >= 11 is 12.2. The van der Waals surface area contributed by atoms with E-state index in [0.29, 0.717) is 21.6 Å². The monoisotopic (exact) mass is 330 g/mol. The lowest BCUT2D eigenvalue weighted by atomic mass is 10.1. The first-order valence-corrected chi connectivity index (χ1v) is 7.37. The average Bonchev–Trinajstić information content (AvgIpc) is 2.54. The first-order chi connectivity index (χ1) is 10.6. The van der Waals surface area contributed by atoms with Gasteiger partial charge in [-0.2, -0.15) is 10.2 Å². The fourth-order valence-corrected chi connectivity index (χ4v) is 2.51. The van der Waals surface area contributed by atoms with Gasteiger partial charge in [0.2, 0.25) is 0 Å². The van der Waals surface area contributed by atoms with Gasteiger partial charge in [-0.25, -0.2) is 0 Å². The van der Waals surface area contributed by atoms with Crippen LogP contribution >= 0.6 is 23.2 Å². The maximum absolute atomic E-state index is 6.17. The summed E-state index contributed by atoms with van der Waals surface area (Å²) in [5.74, 6) is 0.593. The van der Waals surface area contributed by atoms with Crippen molar-refractivity contribution < 1.29 is 0 Å². The highest BCUT2D eigenvalue weighted by Crippen LogP contribution is 2.22. The van der Waals surface area contributed by atoms with Gasteiger partial charge in [-0.1, -0.05) is 47.5 Å². The van der Waals surface area contributed by atoms with Crippen LogP contribution in [0.5, 0.6) is 0 Å². The molecule has 0 spiro atoms. The normalized spacial score (nSPS) is 11.7. The molecule has 0 amide bonds. The molecule has 110 valence electrons. The maximum atomic E-state index is 6.17. The molecule has 1 aromatic heterocycles. The van der Waals surface area contributed by atoms with Crippen LogP contribution in [0.1, 0.15) is 12.5 Å². The Kier molecular flexibility index (Phi) is 4.22. The molecule has 0 aliphatic carbocycles. The summed E-state index contributed by atoms with van der Waals surface area (Å²) in [6.45, 7) is 1.85. The summed E-state index contributed by atoms with van der Waals surface area (Å²) in [4.78, 5) is 0. The van der Waals surface area contributed by atoms with Crippen LogP contribution in [0.3, 0.4) is 0 Å². The maximum Gasteiger partial charge on any atom is 0.176 e. The molecule has 0 saturated carbocycles. The van der Waals surface area contributed by atoms with Crippen LogP contribution < -0.4 is 5.43 Å². The molecule has 2 aromatic carbocycles. The molecule has 0 aliphatic heterocycles. The van der Waals surface area contributed by atoms with Crippen molar-refractivity contribution in [1.82, 2.24) is 10.2 Å². The Morgan fingerprint density at radius 1 is 1.14 bits per heavy atom. The number of aromatic nitrogens is 2. The summed E-state index contributed by atoms with van der Waals surface area (Å²) in [5, 5.41) is 15.5. The van der Waals surface area contributed by atoms with Crippen molar-refractivity contribution in [1.29, 1.82) is 0 Å². The van der Waals surface area contributed by atoms with Gasteiger partial charge in [0.05, 0.1) is 11.9 Å². The Morgan fingerprint density at radius 2 is 1.95 bits per heavy atom. The number of halogens is 2. The Bertz CT molecular complexity index is 856. The number of nitrogens with zero attached hydrogens (tertiary/aromatic N) is 3. The summed E-state index contributed by atoms with van der Waals surface area (Å²) in [5.41, 5.74) is 4.43. The van der Waals surface area contributed by atoms with E-state index >= 15 is 0 Å². The zero-order valence-electron chi connectivity index (χ0n) is 11.7. The third-order valence-corrected chi connectivity index (χ3v) is 3.78. The van der Waals surface area contributed by atoms with E-state index in [1.807, 2.05) is 31.2 Å². The van der Waals surface area contributed by atoms with E-state index < -0.39 is 0 Å². The summed E-state index contributed by atoms with van der Waals surface area (Å²) in [7, 11) is 0. The van der Waals surface area contributed by atoms with Crippen LogP contribution in [0.2, 0.25) is 10.0 Å². The second-order valence-corrected chi connectivity index (χ2v) is 5.56. The van der Waals surface area contributed by atoms with Crippen molar-refractivity contribution in [3.05, 3.63) is 64.3 Å². The SMILES string of the molecule is C/C(=N/Nc1nncc2ccccc12)c1cc(Cl)ccc1Cl. The fraction of sp³-hybridized carbons (Fsp3) is 0.0625. The van der Waals surface area contributed by atoms with Gasteiger partial charge < -0.3 is 0 Å². The number of anilines is 1. The largest absolute Gasteiger partial charge is 0.259 e. The standard InChI is InChI=1S/C16H12Cl2N4/c1-10(14-8-12(17)6-7-15(14)18)20-22-16-13-5-3-2-4-11(13)9-19-21-16/h2-9H,1H3,(H,21,22)/b20-10-. The summed E-state index contributed by atoms with van der Waals surface area (Å²) < 4.78 is 0. The first-order valence-electron chi connectivity index (χ1n) is 6.61. The van der Waals surface area contributed by atoms with E-state index in [1.165, 1.54) is 0 Å². The van der Waals surface area contributed by atoms with Gasteiger partial charge in [-0.15, -0.1) is 5.10 Å². The Morgan fingerprint density at radius 3 is 2.82 bits per heavy atom. The van der Waals surface area contributed by atoms with Gasteiger partial charge in [-0.3, -0.25) is 5.43 Å². The number of rotatable bonds is 3. The highest BCUT2D eigenvalue weighted by atomic mass is 35.5. The number of hydrogen-bond acceptors (Lipinski definition) is 4. The second kappa shape index (κ2) is 6.30. The number of hydrogen-bond donors (Lipinski definition) is 1. The van der Waals surface area contributed by atoms with Crippen molar-refractivity contribution in [3.8, 4) is 0 Å². The van der Waals surface area contributed by atoms with Crippen LogP contribution in [0.25, 0.3) is 10.8 Å². The molecule has 4 nitrogen and oxygen atoms in total. The number of fused-ring (bicyclic) bond motifs is 1. The predicted octanol–water partition coefficient (Wildman–Crippen LogP) is 4.77. The van der Waals surface area contributed by atoms with E-state index in [1.54, 1.807) is 24.4 Å². The van der Waals surface area contributed by atoms with E-state index in [9.17, 15) is 0 Å². The molecular formula is C16H12Cl2N4. The van der Waals surface area contributed by atoms with Crippen LogP contribution in [0, 0.1) is 0 Å². The van der Waals surface area contributed by atoms with Crippen molar-refractivity contribution in [2.75, 3.05) is 5.43 Å². The highest BCUT2D eigenvalue weighted by Gasteiger charge is 2.06. The van der Waals surface area contributed by atoms with Crippen molar-refractivity contribution in [2.24, 2.45) is 5.10 Å². The molecule has 0 atom stereocenters. The molecule has 0 radical (unpaired) electrons. The van der Waals surface area contributed by atoms with Crippen molar-refractivity contribution in [3.63, 3.8) is 0 Å². The van der Waals surface area contributed by atoms with Crippen molar-refractivity contribution in [2.45, 2.75) is 6.92 Å². The van der Waals surface area contributed by atoms with Gasteiger partial charge in [0.1, 0.15) is 0 Å². The molecule has 0 aliphatic rings. The minimum absolute atomic E-state index is 0.593. The van der Waals surface area contributed by atoms with Crippen LogP contribution in [-0.2, 0) is 0 Å². The molecule has 3 aromatic rings. The number of hydrazone groups is 1. The first kappa shape index (κ1) is 14.8. The zero-order chi connectivity index (χ0) is 15.5. The minimum atomic E-state index is 0.593. The average molecular weight is 331 g/mol. The molecule has 3 rings (SSSR count). The van der Waals surface area contributed by atoms with Crippen LogP contribution in [-0.4, -0.2) is 15.9 Å².